The minimum atomic E-state index is 0.0505. The minimum absolute atomic E-state index is 0.0505. The van der Waals surface area contributed by atoms with Crippen molar-refractivity contribution in [3.05, 3.63) is 22.4 Å². The summed E-state index contributed by atoms with van der Waals surface area (Å²) < 4.78 is 6.27. The highest BCUT2D eigenvalue weighted by atomic mass is 32.1. The Balaban J connectivity index is 1.95. The smallest absolute Gasteiger partial charge is 0.0984 e. The molecule has 2 rings (SSSR count). The first-order chi connectivity index (χ1) is 8.48. The van der Waals surface area contributed by atoms with Gasteiger partial charge in [0.2, 0.25) is 0 Å². The lowest BCUT2D eigenvalue weighted by Crippen LogP contribution is -2.33. The average Bonchev–Trinajstić information content (AvgIpc) is 2.80. The van der Waals surface area contributed by atoms with Crippen LogP contribution < -0.4 is 5.73 Å². The van der Waals surface area contributed by atoms with Gasteiger partial charge in [-0.1, -0.05) is 13.8 Å². The van der Waals surface area contributed by atoms with Crippen molar-refractivity contribution in [2.45, 2.75) is 64.7 Å². The van der Waals surface area contributed by atoms with Crippen LogP contribution in [0.4, 0.5) is 0 Å². The zero-order valence-electron chi connectivity index (χ0n) is 11.7. The fraction of sp³-hybridized carbons (Fsp3) is 0.733. The van der Waals surface area contributed by atoms with Crippen molar-refractivity contribution in [3.63, 3.8) is 0 Å². The maximum atomic E-state index is 6.27. The third kappa shape index (κ3) is 3.56. The van der Waals surface area contributed by atoms with Gasteiger partial charge in [-0.05, 0) is 60.4 Å². The van der Waals surface area contributed by atoms with Crippen LogP contribution in [-0.4, -0.2) is 12.1 Å². The summed E-state index contributed by atoms with van der Waals surface area (Å²) in [4.78, 5) is 0. The van der Waals surface area contributed by atoms with Crippen molar-refractivity contribution in [3.8, 4) is 0 Å². The van der Waals surface area contributed by atoms with E-state index in [9.17, 15) is 0 Å². The normalized spacial score (nSPS) is 23.8. The van der Waals surface area contributed by atoms with Gasteiger partial charge in [0.25, 0.3) is 0 Å². The Hall–Kier alpha value is -0.380. The summed E-state index contributed by atoms with van der Waals surface area (Å²) in [6.07, 6.45) is 5.29. The second-order valence-corrected chi connectivity index (χ2v) is 7.12. The number of hydrogen-bond donors (Lipinski definition) is 1. The third-order valence-corrected chi connectivity index (χ3v) is 4.68. The molecule has 102 valence electrons. The lowest BCUT2D eigenvalue weighted by atomic mass is 9.76. The second-order valence-electron chi connectivity index (χ2n) is 6.34. The first-order valence-electron chi connectivity index (χ1n) is 6.91. The molecule has 1 heterocycles. The summed E-state index contributed by atoms with van der Waals surface area (Å²) in [5.74, 6) is 0. The molecule has 2 unspecified atom stereocenters. The molecule has 18 heavy (non-hydrogen) atoms. The molecule has 0 saturated heterocycles. The van der Waals surface area contributed by atoms with Crippen molar-refractivity contribution in [2.24, 2.45) is 11.1 Å². The van der Waals surface area contributed by atoms with Crippen LogP contribution in [-0.2, 0) is 4.74 Å². The second kappa shape index (κ2) is 5.72. The van der Waals surface area contributed by atoms with Gasteiger partial charge in [0, 0.05) is 6.04 Å². The molecule has 2 nitrogen and oxygen atoms in total. The molecule has 0 spiro atoms. The Bertz CT molecular complexity index is 349. The summed E-state index contributed by atoms with van der Waals surface area (Å²) in [5.41, 5.74) is 7.81. The van der Waals surface area contributed by atoms with E-state index in [-0.39, 0.29) is 12.1 Å². The number of nitrogens with two attached hydrogens (primary N) is 1. The van der Waals surface area contributed by atoms with Gasteiger partial charge in [-0.25, -0.2) is 0 Å². The highest BCUT2D eigenvalue weighted by Crippen LogP contribution is 2.38. The molecule has 3 heteroatoms. The van der Waals surface area contributed by atoms with Crippen LogP contribution in [0.5, 0.6) is 0 Å². The van der Waals surface area contributed by atoms with Gasteiger partial charge in [0.1, 0.15) is 0 Å². The van der Waals surface area contributed by atoms with E-state index in [1.807, 2.05) is 6.92 Å². The predicted molar refractivity (Wildman–Crippen MR) is 77.8 cm³/mol. The van der Waals surface area contributed by atoms with Gasteiger partial charge in [-0.3, -0.25) is 0 Å². The molecule has 0 aliphatic heterocycles. The van der Waals surface area contributed by atoms with Crippen molar-refractivity contribution in [2.75, 3.05) is 0 Å². The molecular weight excluding hydrogens is 242 g/mol. The number of ether oxygens (including phenoxy) is 1. The van der Waals surface area contributed by atoms with E-state index in [4.69, 9.17) is 10.5 Å². The van der Waals surface area contributed by atoms with Gasteiger partial charge in [0.15, 0.2) is 0 Å². The lowest BCUT2D eigenvalue weighted by molar-refractivity contribution is -0.0547. The van der Waals surface area contributed by atoms with E-state index in [0.29, 0.717) is 11.5 Å². The van der Waals surface area contributed by atoms with Gasteiger partial charge < -0.3 is 10.5 Å². The molecule has 1 saturated carbocycles. The first kappa shape index (κ1) is 14.0. The molecule has 1 fully saturated rings. The topological polar surface area (TPSA) is 35.2 Å². The molecule has 0 amide bonds. The van der Waals surface area contributed by atoms with Crippen LogP contribution in [0.1, 0.15) is 58.1 Å². The Morgan fingerprint density at radius 1 is 1.39 bits per heavy atom. The maximum absolute atomic E-state index is 6.27. The molecule has 1 aromatic rings. The summed E-state index contributed by atoms with van der Waals surface area (Å²) in [5, 5.41) is 4.25. The first-order valence-corrected chi connectivity index (χ1v) is 7.85. The summed E-state index contributed by atoms with van der Waals surface area (Å²) in [6, 6.07) is 2.18. The zero-order chi connectivity index (χ0) is 13.2. The van der Waals surface area contributed by atoms with Gasteiger partial charge in [-0.2, -0.15) is 11.3 Å². The van der Waals surface area contributed by atoms with Crippen LogP contribution in [0.3, 0.4) is 0 Å². The van der Waals surface area contributed by atoms with Crippen LogP contribution in [0, 0.1) is 5.41 Å². The van der Waals surface area contributed by atoms with E-state index < -0.39 is 0 Å². The van der Waals surface area contributed by atoms with E-state index in [1.165, 1.54) is 31.2 Å². The van der Waals surface area contributed by atoms with Crippen LogP contribution in [0.15, 0.2) is 16.8 Å². The van der Waals surface area contributed by atoms with Crippen molar-refractivity contribution >= 4 is 11.3 Å². The molecule has 1 aliphatic rings. The predicted octanol–water partition coefficient (Wildman–Crippen LogP) is 4.12. The SMILES string of the molecule is CC(N)C(OC1CCC(C)(C)CC1)c1ccsc1. The minimum Gasteiger partial charge on any atom is -0.369 e. The van der Waals surface area contributed by atoms with Crippen LogP contribution in [0.25, 0.3) is 0 Å². The number of hydrogen-bond acceptors (Lipinski definition) is 3. The van der Waals surface area contributed by atoms with Gasteiger partial charge in [0.05, 0.1) is 12.2 Å². The molecule has 1 aromatic heterocycles. The lowest BCUT2D eigenvalue weighted by Gasteiger charge is -2.36. The summed E-state index contributed by atoms with van der Waals surface area (Å²) in [6.45, 7) is 6.74. The van der Waals surface area contributed by atoms with Crippen molar-refractivity contribution in [1.29, 1.82) is 0 Å². The van der Waals surface area contributed by atoms with E-state index in [0.717, 1.165) is 0 Å². The Labute approximate surface area is 115 Å². The average molecular weight is 267 g/mol. The molecule has 2 atom stereocenters. The van der Waals surface area contributed by atoms with Gasteiger partial charge >= 0.3 is 0 Å². The third-order valence-electron chi connectivity index (χ3n) is 3.97. The van der Waals surface area contributed by atoms with Crippen molar-refractivity contribution in [1.82, 2.24) is 0 Å². The van der Waals surface area contributed by atoms with Crippen molar-refractivity contribution < 1.29 is 4.74 Å². The van der Waals surface area contributed by atoms with Crippen LogP contribution >= 0.6 is 11.3 Å². The highest BCUT2D eigenvalue weighted by Gasteiger charge is 2.30. The largest absolute Gasteiger partial charge is 0.369 e. The summed E-state index contributed by atoms with van der Waals surface area (Å²) in [7, 11) is 0. The molecule has 0 aromatic carbocycles. The fourth-order valence-corrected chi connectivity index (χ4v) is 3.34. The monoisotopic (exact) mass is 267 g/mol. The van der Waals surface area contributed by atoms with E-state index >= 15 is 0 Å². The molecule has 0 bridgehead atoms. The molecular formula is C15H25NOS. The van der Waals surface area contributed by atoms with E-state index in [2.05, 4.69) is 30.7 Å². The number of rotatable bonds is 4. The summed E-state index contributed by atoms with van der Waals surface area (Å²) >= 11 is 1.71. The van der Waals surface area contributed by atoms with E-state index in [1.54, 1.807) is 11.3 Å². The Morgan fingerprint density at radius 2 is 2.06 bits per heavy atom. The fourth-order valence-electron chi connectivity index (χ4n) is 2.66. The molecule has 0 radical (unpaired) electrons. The quantitative estimate of drug-likeness (QED) is 0.890. The molecule has 1 aliphatic carbocycles. The van der Waals surface area contributed by atoms with Crippen LogP contribution in [0.2, 0.25) is 0 Å². The van der Waals surface area contributed by atoms with Gasteiger partial charge in [-0.15, -0.1) is 0 Å². The zero-order valence-corrected chi connectivity index (χ0v) is 12.5. The Morgan fingerprint density at radius 3 is 2.56 bits per heavy atom. The maximum Gasteiger partial charge on any atom is 0.0984 e. The molecule has 2 N–H and O–H groups in total. The highest BCUT2D eigenvalue weighted by molar-refractivity contribution is 7.07. The number of thiophene rings is 1. The standard InChI is InChI=1S/C15H25NOS/c1-11(16)14(12-6-9-18-10-12)17-13-4-7-15(2,3)8-5-13/h6,9-11,13-14H,4-5,7-8,16H2,1-3H3. The Kier molecular flexibility index (Phi) is 4.46.